The number of carbonyl (C=O) groups excluding carboxylic acids is 2. The molecule has 0 unspecified atom stereocenters. The first-order valence-electron chi connectivity index (χ1n) is 6.95. The van der Waals surface area contributed by atoms with Crippen LogP contribution < -0.4 is 10.9 Å². The number of hydrazine groups is 1. The second kappa shape index (κ2) is 5.07. The minimum atomic E-state index is -0.314. The second-order valence-electron chi connectivity index (χ2n) is 5.73. The Morgan fingerprint density at radius 2 is 2.16 bits per heavy atom. The number of aromatic amines is 1. The lowest BCUT2D eigenvalue weighted by Crippen LogP contribution is -2.42. The van der Waals surface area contributed by atoms with Crippen LogP contribution in [0.3, 0.4) is 0 Å². The van der Waals surface area contributed by atoms with E-state index in [0.717, 1.165) is 11.8 Å². The molecule has 5 nitrogen and oxygen atoms in total. The average molecular weight is 261 g/mol. The molecule has 5 heteroatoms. The standard InChI is InChI=1S/C14H19N3O2/c18-13(8-11-7-9-3-4-10(11)6-9)16-17-14(19)12-2-1-5-15-12/h1-2,5,9-11,15H,3-4,6-8H2,(H,16,18)(H,17,19)/t9-,10-,11+/m1/s1. The molecule has 0 radical (unpaired) electrons. The van der Waals surface area contributed by atoms with Gasteiger partial charge in [-0.15, -0.1) is 0 Å². The van der Waals surface area contributed by atoms with Crippen molar-refractivity contribution in [3.05, 3.63) is 24.0 Å². The number of amides is 2. The molecule has 0 aliphatic heterocycles. The smallest absolute Gasteiger partial charge is 0.286 e. The number of hydrogen-bond acceptors (Lipinski definition) is 2. The van der Waals surface area contributed by atoms with Gasteiger partial charge in [0.15, 0.2) is 0 Å². The van der Waals surface area contributed by atoms with Crippen LogP contribution >= 0.6 is 0 Å². The molecule has 3 atom stereocenters. The monoisotopic (exact) mass is 261 g/mol. The van der Waals surface area contributed by atoms with E-state index in [4.69, 9.17) is 0 Å². The van der Waals surface area contributed by atoms with E-state index in [-0.39, 0.29) is 11.8 Å². The number of carbonyl (C=O) groups is 2. The summed E-state index contributed by atoms with van der Waals surface area (Å²) in [6.07, 6.45) is 7.30. The third-order valence-electron chi connectivity index (χ3n) is 4.49. The van der Waals surface area contributed by atoms with E-state index >= 15 is 0 Å². The molecule has 102 valence electrons. The average Bonchev–Trinajstić information content (AvgIpc) is 3.12. The largest absolute Gasteiger partial charge is 0.357 e. The van der Waals surface area contributed by atoms with Gasteiger partial charge in [-0.1, -0.05) is 6.42 Å². The highest BCUT2D eigenvalue weighted by Crippen LogP contribution is 2.49. The van der Waals surface area contributed by atoms with Crippen LogP contribution in [0, 0.1) is 17.8 Å². The van der Waals surface area contributed by atoms with Crippen LogP contribution in [0.5, 0.6) is 0 Å². The van der Waals surface area contributed by atoms with Crippen LogP contribution in [0.2, 0.25) is 0 Å². The molecule has 1 heterocycles. The van der Waals surface area contributed by atoms with E-state index in [0.29, 0.717) is 18.0 Å². The molecule has 1 aromatic rings. The van der Waals surface area contributed by atoms with Crippen molar-refractivity contribution >= 4 is 11.8 Å². The van der Waals surface area contributed by atoms with E-state index in [9.17, 15) is 9.59 Å². The summed E-state index contributed by atoms with van der Waals surface area (Å²) in [5.74, 6) is 1.69. The van der Waals surface area contributed by atoms with Crippen LogP contribution in [0.15, 0.2) is 18.3 Å². The van der Waals surface area contributed by atoms with Crippen molar-refractivity contribution in [3.8, 4) is 0 Å². The Labute approximate surface area is 112 Å². The summed E-state index contributed by atoms with van der Waals surface area (Å²) in [5.41, 5.74) is 5.38. The molecule has 0 spiro atoms. The van der Waals surface area contributed by atoms with Gasteiger partial charge in [0.25, 0.3) is 5.91 Å². The summed E-state index contributed by atoms with van der Waals surface area (Å²) >= 11 is 0. The Morgan fingerprint density at radius 3 is 2.79 bits per heavy atom. The van der Waals surface area contributed by atoms with Crippen LogP contribution in [0.4, 0.5) is 0 Å². The molecule has 19 heavy (non-hydrogen) atoms. The number of hydrogen-bond donors (Lipinski definition) is 3. The third-order valence-corrected chi connectivity index (χ3v) is 4.49. The van der Waals surface area contributed by atoms with Crippen LogP contribution in [0.1, 0.15) is 42.6 Å². The van der Waals surface area contributed by atoms with Gasteiger partial charge in [0, 0.05) is 12.6 Å². The fraction of sp³-hybridized carbons (Fsp3) is 0.571. The van der Waals surface area contributed by atoms with Crippen molar-refractivity contribution < 1.29 is 9.59 Å². The fourth-order valence-corrected chi connectivity index (χ4v) is 3.58. The Morgan fingerprint density at radius 1 is 1.26 bits per heavy atom. The Hall–Kier alpha value is -1.78. The first-order valence-corrected chi connectivity index (χ1v) is 6.95. The molecule has 2 aliphatic rings. The quantitative estimate of drug-likeness (QED) is 0.723. The molecule has 3 N–H and O–H groups in total. The van der Waals surface area contributed by atoms with Crippen LogP contribution in [0.25, 0.3) is 0 Å². The van der Waals surface area contributed by atoms with Crippen molar-refractivity contribution in [2.24, 2.45) is 17.8 Å². The van der Waals surface area contributed by atoms with Crippen LogP contribution in [-0.2, 0) is 4.79 Å². The summed E-state index contributed by atoms with van der Waals surface area (Å²) in [5, 5.41) is 0. The van der Waals surface area contributed by atoms with Gasteiger partial charge in [0.1, 0.15) is 5.69 Å². The van der Waals surface area contributed by atoms with E-state index < -0.39 is 0 Å². The number of fused-ring (bicyclic) bond motifs is 2. The SMILES string of the molecule is O=C(C[C@@H]1C[C@@H]2CC[C@@H]1C2)NNC(=O)c1ccc[nH]1. The van der Waals surface area contributed by atoms with Crippen molar-refractivity contribution in [1.29, 1.82) is 0 Å². The maximum atomic E-state index is 11.8. The van der Waals surface area contributed by atoms with Gasteiger partial charge in [-0.25, -0.2) is 0 Å². The lowest BCUT2D eigenvalue weighted by atomic mass is 9.86. The molecule has 2 amide bonds. The van der Waals surface area contributed by atoms with Crippen molar-refractivity contribution in [3.63, 3.8) is 0 Å². The van der Waals surface area contributed by atoms with Gasteiger partial charge in [-0.05, 0) is 49.1 Å². The highest BCUT2D eigenvalue weighted by molar-refractivity contribution is 5.93. The van der Waals surface area contributed by atoms with Gasteiger partial charge in [-0.2, -0.15) is 0 Å². The number of rotatable bonds is 3. The molecule has 1 aromatic heterocycles. The first-order chi connectivity index (χ1) is 9.22. The highest BCUT2D eigenvalue weighted by Gasteiger charge is 2.40. The molecule has 2 fully saturated rings. The van der Waals surface area contributed by atoms with E-state index in [1.54, 1.807) is 18.3 Å². The summed E-state index contributed by atoms with van der Waals surface area (Å²) < 4.78 is 0. The zero-order valence-corrected chi connectivity index (χ0v) is 10.8. The van der Waals surface area contributed by atoms with Gasteiger partial charge in [-0.3, -0.25) is 20.4 Å². The molecule has 2 saturated carbocycles. The molecule has 2 bridgehead atoms. The molecule has 2 aliphatic carbocycles. The number of H-pyrrole nitrogens is 1. The zero-order chi connectivity index (χ0) is 13.2. The highest BCUT2D eigenvalue weighted by atomic mass is 16.2. The minimum absolute atomic E-state index is 0.0857. The summed E-state index contributed by atoms with van der Waals surface area (Å²) in [7, 11) is 0. The Balaban J connectivity index is 1.43. The van der Waals surface area contributed by atoms with Crippen molar-refractivity contribution in [2.75, 3.05) is 0 Å². The number of nitrogens with one attached hydrogen (secondary N) is 3. The predicted octanol–water partition coefficient (Wildman–Crippen LogP) is 1.60. The topological polar surface area (TPSA) is 74.0 Å². The second-order valence-corrected chi connectivity index (χ2v) is 5.73. The summed E-state index contributed by atoms with van der Waals surface area (Å²) in [6, 6.07) is 3.41. The minimum Gasteiger partial charge on any atom is -0.357 e. The maximum absolute atomic E-state index is 11.8. The first kappa shape index (κ1) is 12.3. The fourth-order valence-electron chi connectivity index (χ4n) is 3.58. The van der Waals surface area contributed by atoms with Crippen molar-refractivity contribution in [2.45, 2.75) is 32.1 Å². The van der Waals surface area contributed by atoms with E-state index in [2.05, 4.69) is 15.8 Å². The van der Waals surface area contributed by atoms with E-state index in [1.807, 2.05) is 0 Å². The normalized spacial score (nSPS) is 28.3. The lowest BCUT2D eigenvalue weighted by Gasteiger charge is -2.20. The lowest BCUT2D eigenvalue weighted by molar-refractivity contribution is -0.123. The summed E-state index contributed by atoms with van der Waals surface area (Å²) in [4.78, 5) is 26.2. The molecule has 0 aromatic carbocycles. The van der Waals surface area contributed by atoms with Gasteiger partial charge >= 0.3 is 0 Å². The third kappa shape index (κ3) is 2.64. The predicted molar refractivity (Wildman–Crippen MR) is 70.0 cm³/mol. The van der Waals surface area contributed by atoms with Gasteiger partial charge < -0.3 is 4.98 Å². The Bertz CT molecular complexity index is 469. The molecular formula is C14H19N3O2. The molecule has 0 saturated heterocycles. The number of aromatic nitrogens is 1. The summed E-state index contributed by atoms with van der Waals surface area (Å²) in [6.45, 7) is 0. The van der Waals surface area contributed by atoms with Crippen molar-refractivity contribution in [1.82, 2.24) is 15.8 Å². The van der Waals surface area contributed by atoms with E-state index in [1.165, 1.54) is 25.7 Å². The van der Waals surface area contributed by atoms with Crippen LogP contribution in [-0.4, -0.2) is 16.8 Å². The molecular weight excluding hydrogens is 242 g/mol. The zero-order valence-electron chi connectivity index (χ0n) is 10.8. The molecule has 3 rings (SSSR count). The Kier molecular flexibility index (Phi) is 3.27. The maximum Gasteiger partial charge on any atom is 0.286 e. The van der Waals surface area contributed by atoms with Gasteiger partial charge in [0.2, 0.25) is 5.91 Å². The van der Waals surface area contributed by atoms with Gasteiger partial charge in [0.05, 0.1) is 0 Å².